The molecular formula is C19H15NO. The first-order valence-electron chi connectivity index (χ1n) is 6.90. The van der Waals surface area contributed by atoms with Gasteiger partial charge in [-0.15, -0.1) is 0 Å². The lowest BCUT2D eigenvalue weighted by molar-refractivity contribution is -0.113. The van der Waals surface area contributed by atoms with Crippen LogP contribution in [0.5, 0.6) is 0 Å². The second-order valence-corrected chi connectivity index (χ2v) is 4.90. The van der Waals surface area contributed by atoms with E-state index in [2.05, 4.69) is 23.2 Å². The van der Waals surface area contributed by atoms with Crippen molar-refractivity contribution in [1.29, 1.82) is 0 Å². The number of benzene rings is 2. The van der Waals surface area contributed by atoms with E-state index in [1.807, 2.05) is 36.4 Å². The van der Waals surface area contributed by atoms with Gasteiger partial charge in [-0.3, -0.25) is 9.78 Å². The molecule has 1 aromatic heterocycles. The maximum absolute atomic E-state index is 12.1. The molecule has 3 aromatic rings. The highest BCUT2D eigenvalue weighted by molar-refractivity contribution is 5.98. The van der Waals surface area contributed by atoms with Crippen LogP contribution in [0.15, 0.2) is 73.1 Å². The lowest BCUT2D eigenvalue weighted by Gasteiger charge is -2.04. The van der Waals surface area contributed by atoms with Crippen molar-refractivity contribution in [2.45, 2.75) is 6.42 Å². The first-order valence-corrected chi connectivity index (χ1v) is 6.90. The van der Waals surface area contributed by atoms with E-state index < -0.39 is 0 Å². The molecular weight excluding hydrogens is 258 g/mol. The number of hydrogen-bond donors (Lipinski definition) is 0. The fraction of sp³-hybridized carbons (Fsp3) is 0.0526. The smallest absolute Gasteiger partial charge is 0.160 e. The number of pyridine rings is 1. The van der Waals surface area contributed by atoms with E-state index >= 15 is 0 Å². The molecule has 0 bridgehead atoms. The van der Waals surface area contributed by atoms with Gasteiger partial charge in [0.25, 0.3) is 0 Å². The van der Waals surface area contributed by atoms with Crippen molar-refractivity contribution >= 4 is 22.6 Å². The predicted octanol–water partition coefficient (Wildman–Crippen LogP) is 4.06. The van der Waals surface area contributed by atoms with Crippen molar-refractivity contribution in [1.82, 2.24) is 4.98 Å². The maximum atomic E-state index is 12.1. The second kappa shape index (κ2) is 6.14. The van der Waals surface area contributed by atoms with Gasteiger partial charge in [0.2, 0.25) is 0 Å². The zero-order valence-corrected chi connectivity index (χ0v) is 11.6. The molecule has 0 radical (unpaired) electrons. The lowest BCUT2D eigenvalue weighted by Crippen LogP contribution is -1.99. The third-order valence-corrected chi connectivity index (χ3v) is 3.39. The Morgan fingerprint density at radius 1 is 1.00 bits per heavy atom. The topological polar surface area (TPSA) is 30.0 Å². The van der Waals surface area contributed by atoms with E-state index in [9.17, 15) is 4.79 Å². The number of ketones is 1. The third kappa shape index (κ3) is 3.23. The number of allylic oxidation sites excluding steroid dienone is 1. The number of rotatable bonds is 4. The molecule has 0 atom stereocenters. The van der Waals surface area contributed by atoms with Crippen LogP contribution in [0.25, 0.3) is 16.8 Å². The largest absolute Gasteiger partial charge is 0.294 e. The Balaban J connectivity index is 1.79. The van der Waals surface area contributed by atoms with Gasteiger partial charge in [0.1, 0.15) is 0 Å². The Hall–Kier alpha value is -2.74. The van der Waals surface area contributed by atoms with E-state index in [0.717, 1.165) is 16.5 Å². The molecule has 0 saturated carbocycles. The molecule has 0 aliphatic rings. The number of aromatic nitrogens is 1. The molecule has 0 N–H and O–H groups in total. The maximum Gasteiger partial charge on any atom is 0.160 e. The highest BCUT2D eigenvalue weighted by Crippen LogP contribution is 2.19. The average Bonchev–Trinajstić information content (AvgIpc) is 2.54. The number of nitrogens with zero attached hydrogens (tertiary/aromatic N) is 1. The molecule has 2 nitrogen and oxygen atoms in total. The molecule has 0 amide bonds. The summed E-state index contributed by atoms with van der Waals surface area (Å²) in [5.74, 6) is 0.0928. The van der Waals surface area contributed by atoms with Crippen molar-refractivity contribution < 1.29 is 4.79 Å². The molecule has 0 unspecified atom stereocenters. The summed E-state index contributed by atoms with van der Waals surface area (Å²) in [4.78, 5) is 16.1. The minimum Gasteiger partial charge on any atom is -0.294 e. The molecule has 0 fully saturated rings. The summed E-state index contributed by atoms with van der Waals surface area (Å²) in [6, 6.07) is 18.0. The van der Waals surface area contributed by atoms with E-state index in [4.69, 9.17) is 0 Å². The van der Waals surface area contributed by atoms with E-state index in [0.29, 0.717) is 6.42 Å². The van der Waals surface area contributed by atoms with Crippen LogP contribution in [-0.4, -0.2) is 10.8 Å². The van der Waals surface area contributed by atoms with Crippen molar-refractivity contribution in [3.05, 3.63) is 84.2 Å². The summed E-state index contributed by atoms with van der Waals surface area (Å²) in [5.41, 5.74) is 2.00. The van der Waals surface area contributed by atoms with Crippen molar-refractivity contribution in [2.75, 3.05) is 0 Å². The summed E-state index contributed by atoms with van der Waals surface area (Å²) in [6.45, 7) is 0. The lowest BCUT2D eigenvalue weighted by atomic mass is 10.0. The van der Waals surface area contributed by atoms with Crippen molar-refractivity contribution in [2.24, 2.45) is 0 Å². The average molecular weight is 273 g/mol. The molecule has 102 valence electrons. The number of carbonyl (C=O) groups is 1. The molecule has 2 aromatic carbocycles. The zero-order valence-electron chi connectivity index (χ0n) is 11.6. The minimum atomic E-state index is 0.0928. The Bertz CT molecular complexity index is 786. The van der Waals surface area contributed by atoms with Crippen LogP contribution in [0.2, 0.25) is 0 Å². The SMILES string of the molecule is O=C(C=Cc1cccnc1)Cc1cccc2ccccc12. The first kappa shape index (κ1) is 13.3. The summed E-state index contributed by atoms with van der Waals surface area (Å²) in [7, 11) is 0. The minimum absolute atomic E-state index is 0.0928. The summed E-state index contributed by atoms with van der Waals surface area (Å²) < 4.78 is 0. The molecule has 0 aliphatic heterocycles. The van der Waals surface area contributed by atoms with Gasteiger partial charge >= 0.3 is 0 Å². The van der Waals surface area contributed by atoms with Crippen LogP contribution >= 0.6 is 0 Å². The number of fused-ring (bicyclic) bond motifs is 1. The Kier molecular flexibility index (Phi) is 3.88. The van der Waals surface area contributed by atoms with E-state index in [1.165, 1.54) is 5.39 Å². The first-order chi connectivity index (χ1) is 10.3. The molecule has 1 heterocycles. The fourth-order valence-corrected chi connectivity index (χ4v) is 2.36. The van der Waals surface area contributed by atoms with Gasteiger partial charge in [-0.2, -0.15) is 0 Å². The van der Waals surface area contributed by atoms with Gasteiger partial charge in [0, 0.05) is 18.8 Å². The van der Waals surface area contributed by atoms with Gasteiger partial charge in [-0.25, -0.2) is 0 Å². The van der Waals surface area contributed by atoms with Crippen LogP contribution in [0.1, 0.15) is 11.1 Å². The van der Waals surface area contributed by atoms with Crippen LogP contribution in [0.4, 0.5) is 0 Å². The monoisotopic (exact) mass is 273 g/mol. The highest BCUT2D eigenvalue weighted by Gasteiger charge is 2.04. The van der Waals surface area contributed by atoms with Gasteiger partial charge in [-0.05, 0) is 40.1 Å². The van der Waals surface area contributed by atoms with Gasteiger partial charge in [-0.1, -0.05) is 48.5 Å². The predicted molar refractivity (Wildman–Crippen MR) is 85.9 cm³/mol. The van der Waals surface area contributed by atoms with Crippen molar-refractivity contribution in [3.63, 3.8) is 0 Å². The van der Waals surface area contributed by atoms with Crippen LogP contribution in [-0.2, 0) is 11.2 Å². The normalized spacial score (nSPS) is 11.0. The van der Waals surface area contributed by atoms with Crippen LogP contribution < -0.4 is 0 Å². The highest BCUT2D eigenvalue weighted by atomic mass is 16.1. The van der Waals surface area contributed by atoms with Gasteiger partial charge in [0.05, 0.1) is 0 Å². The fourth-order valence-electron chi connectivity index (χ4n) is 2.36. The molecule has 0 saturated heterocycles. The number of hydrogen-bond acceptors (Lipinski definition) is 2. The Morgan fingerprint density at radius 2 is 1.86 bits per heavy atom. The van der Waals surface area contributed by atoms with Gasteiger partial charge < -0.3 is 0 Å². The van der Waals surface area contributed by atoms with Crippen LogP contribution in [0, 0.1) is 0 Å². The molecule has 0 spiro atoms. The third-order valence-electron chi connectivity index (χ3n) is 3.39. The molecule has 0 aliphatic carbocycles. The Morgan fingerprint density at radius 3 is 2.71 bits per heavy atom. The molecule has 21 heavy (non-hydrogen) atoms. The Labute approximate surface area is 123 Å². The number of carbonyl (C=O) groups excluding carboxylic acids is 1. The quantitative estimate of drug-likeness (QED) is 0.671. The standard InChI is InChI=1S/C19H15NO/c21-18(11-10-15-5-4-12-20-14-15)13-17-8-3-7-16-6-1-2-9-19(16)17/h1-12,14H,13H2. The molecule has 2 heteroatoms. The summed E-state index contributed by atoms with van der Waals surface area (Å²) in [6.07, 6.45) is 7.30. The van der Waals surface area contributed by atoms with Crippen molar-refractivity contribution in [3.8, 4) is 0 Å². The van der Waals surface area contributed by atoms with E-state index in [-0.39, 0.29) is 5.78 Å². The van der Waals surface area contributed by atoms with Gasteiger partial charge in [0.15, 0.2) is 5.78 Å². The molecule has 3 rings (SSSR count). The second-order valence-electron chi connectivity index (χ2n) is 4.90. The summed E-state index contributed by atoms with van der Waals surface area (Å²) in [5, 5.41) is 2.31. The van der Waals surface area contributed by atoms with Crippen LogP contribution in [0.3, 0.4) is 0 Å². The summed E-state index contributed by atoms with van der Waals surface area (Å²) >= 11 is 0. The van der Waals surface area contributed by atoms with E-state index in [1.54, 1.807) is 24.5 Å². The zero-order chi connectivity index (χ0) is 14.5.